The van der Waals surface area contributed by atoms with E-state index in [0.717, 1.165) is 5.56 Å². The van der Waals surface area contributed by atoms with Crippen LogP contribution in [0.5, 0.6) is 0 Å². The predicted molar refractivity (Wildman–Crippen MR) is 99.8 cm³/mol. The van der Waals surface area contributed by atoms with Crippen molar-refractivity contribution in [1.29, 1.82) is 0 Å². The molecule has 1 aliphatic heterocycles. The normalized spacial score (nSPS) is 19.5. The number of carboxylic acids is 1. The van der Waals surface area contributed by atoms with E-state index in [2.05, 4.69) is 5.32 Å². The number of carbonyl (C=O) groups is 3. The van der Waals surface area contributed by atoms with E-state index in [1.807, 2.05) is 11.4 Å². The van der Waals surface area contributed by atoms with Gasteiger partial charge in [0.1, 0.15) is 0 Å². The molecule has 0 radical (unpaired) electrons. The second-order valence-electron chi connectivity index (χ2n) is 6.34. The predicted octanol–water partition coefficient (Wildman–Crippen LogP) is 1.99. The van der Waals surface area contributed by atoms with E-state index in [1.54, 1.807) is 37.3 Å². The fourth-order valence-electron chi connectivity index (χ4n) is 2.88. The van der Waals surface area contributed by atoms with E-state index in [0.29, 0.717) is 23.5 Å². The van der Waals surface area contributed by atoms with Gasteiger partial charge < -0.3 is 20.1 Å². The third kappa shape index (κ3) is 4.72. The topological polar surface area (TPSA) is 95.9 Å². The average molecular weight is 388 g/mol. The molecular formula is C19H20N2O5S. The quantitative estimate of drug-likeness (QED) is 0.817. The second-order valence-corrected chi connectivity index (χ2v) is 7.29. The van der Waals surface area contributed by atoms with Gasteiger partial charge in [0, 0.05) is 18.7 Å². The summed E-state index contributed by atoms with van der Waals surface area (Å²) >= 11 is 1.38. The molecule has 7 nitrogen and oxygen atoms in total. The number of benzene rings is 1. The Balaban J connectivity index is 1.60. The Bertz CT molecular complexity index is 819. The Labute approximate surface area is 160 Å². The van der Waals surface area contributed by atoms with Crippen LogP contribution in [0.3, 0.4) is 0 Å². The summed E-state index contributed by atoms with van der Waals surface area (Å²) in [7, 11) is 0. The van der Waals surface area contributed by atoms with Crippen molar-refractivity contribution < 1.29 is 24.2 Å². The molecule has 0 bridgehead atoms. The van der Waals surface area contributed by atoms with Gasteiger partial charge >= 0.3 is 5.97 Å². The van der Waals surface area contributed by atoms with Crippen molar-refractivity contribution in [2.75, 3.05) is 13.1 Å². The van der Waals surface area contributed by atoms with Crippen LogP contribution in [0.2, 0.25) is 0 Å². The van der Waals surface area contributed by atoms with Gasteiger partial charge in [0.15, 0.2) is 6.10 Å². The number of amides is 2. The third-order valence-corrected chi connectivity index (χ3v) is 5.09. The Kier molecular flexibility index (Phi) is 5.88. The molecule has 2 atom stereocenters. The third-order valence-electron chi connectivity index (χ3n) is 4.22. The number of thiophene rings is 1. The molecule has 1 fully saturated rings. The summed E-state index contributed by atoms with van der Waals surface area (Å²) < 4.78 is 5.34. The van der Waals surface area contributed by atoms with E-state index in [9.17, 15) is 14.4 Å². The molecular weight excluding hydrogens is 368 g/mol. The number of carbonyl (C=O) groups excluding carboxylic acids is 2. The van der Waals surface area contributed by atoms with E-state index in [4.69, 9.17) is 9.84 Å². The molecule has 2 amide bonds. The first kappa shape index (κ1) is 19.1. The lowest BCUT2D eigenvalue weighted by Gasteiger charge is -2.35. The van der Waals surface area contributed by atoms with Crippen LogP contribution in [0.4, 0.5) is 0 Å². The molecule has 1 aromatic carbocycles. The number of morpholine rings is 1. The van der Waals surface area contributed by atoms with Gasteiger partial charge in [-0.25, -0.2) is 4.79 Å². The highest BCUT2D eigenvalue weighted by Gasteiger charge is 2.32. The minimum Gasteiger partial charge on any atom is -0.479 e. The molecule has 2 aromatic rings. The zero-order valence-electron chi connectivity index (χ0n) is 14.8. The van der Waals surface area contributed by atoms with Crippen LogP contribution < -0.4 is 5.32 Å². The van der Waals surface area contributed by atoms with E-state index < -0.39 is 12.1 Å². The minimum atomic E-state index is -1.07. The summed E-state index contributed by atoms with van der Waals surface area (Å²) in [6.07, 6.45) is -1.35. The number of hydrogen-bond acceptors (Lipinski definition) is 5. The molecule has 1 aromatic heterocycles. The highest BCUT2D eigenvalue weighted by atomic mass is 32.1. The highest BCUT2D eigenvalue weighted by Crippen LogP contribution is 2.16. The number of nitrogens with one attached hydrogen (secondary N) is 1. The van der Waals surface area contributed by atoms with Gasteiger partial charge in [0.25, 0.3) is 11.8 Å². The highest BCUT2D eigenvalue weighted by molar-refractivity contribution is 7.12. The van der Waals surface area contributed by atoms with Gasteiger partial charge in [-0.05, 0) is 36.1 Å². The van der Waals surface area contributed by atoms with Crippen molar-refractivity contribution in [3.05, 3.63) is 57.8 Å². The molecule has 2 heterocycles. The number of nitrogens with zero attached hydrogens (tertiary/aromatic N) is 1. The van der Waals surface area contributed by atoms with Crippen LogP contribution in [0, 0.1) is 0 Å². The number of ether oxygens (including phenoxy) is 1. The van der Waals surface area contributed by atoms with Crippen LogP contribution >= 0.6 is 11.3 Å². The van der Waals surface area contributed by atoms with Crippen molar-refractivity contribution in [2.24, 2.45) is 0 Å². The van der Waals surface area contributed by atoms with Crippen LogP contribution in [0.15, 0.2) is 41.8 Å². The van der Waals surface area contributed by atoms with Gasteiger partial charge in [-0.1, -0.05) is 18.2 Å². The molecule has 0 aliphatic carbocycles. The van der Waals surface area contributed by atoms with Crippen LogP contribution in [0.25, 0.3) is 0 Å². The SMILES string of the molecule is C[C@@H]1CN(C(=O)c2ccc(CNC(=O)c3cccs3)cc2)CC(C(=O)O)O1. The molecule has 1 saturated heterocycles. The Morgan fingerprint density at radius 1 is 1.22 bits per heavy atom. The van der Waals surface area contributed by atoms with Crippen LogP contribution in [-0.2, 0) is 16.1 Å². The van der Waals surface area contributed by atoms with Crippen molar-refractivity contribution in [1.82, 2.24) is 10.2 Å². The zero-order chi connectivity index (χ0) is 19.4. The fourth-order valence-corrected chi connectivity index (χ4v) is 3.52. The minimum absolute atomic E-state index is 0.0249. The summed E-state index contributed by atoms with van der Waals surface area (Å²) in [5.74, 6) is -1.44. The maximum atomic E-state index is 12.7. The lowest BCUT2D eigenvalue weighted by molar-refractivity contribution is -0.160. The fraction of sp³-hybridized carbons (Fsp3) is 0.316. The Hall–Kier alpha value is -2.71. The number of aliphatic carboxylic acids is 1. The van der Waals surface area contributed by atoms with Crippen molar-refractivity contribution in [3.8, 4) is 0 Å². The van der Waals surface area contributed by atoms with Gasteiger partial charge in [-0.2, -0.15) is 0 Å². The monoisotopic (exact) mass is 388 g/mol. The summed E-state index contributed by atoms with van der Waals surface area (Å²) in [6, 6.07) is 10.5. The first-order valence-corrected chi connectivity index (χ1v) is 9.40. The van der Waals surface area contributed by atoms with Crippen molar-refractivity contribution in [2.45, 2.75) is 25.7 Å². The molecule has 8 heteroatoms. The maximum absolute atomic E-state index is 12.7. The molecule has 3 rings (SSSR count). The average Bonchev–Trinajstić information content (AvgIpc) is 3.20. The number of rotatable bonds is 5. The maximum Gasteiger partial charge on any atom is 0.334 e. The van der Waals surface area contributed by atoms with Crippen molar-refractivity contribution in [3.63, 3.8) is 0 Å². The van der Waals surface area contributed by atoms with Gasteiger partial charge in [-0.3, -0.25) is 9.59 Å². The second kappa shape index (κ2) is 8.32. The number of hydrogen-bond donors (Lipinski definition) is 2. The van der Waals surface area contributed by atoms with Gasteiger partial charge in [-0.15, -0.1) is 11.3 Å². The summed E-state index contributed by atoms with van der Waals surface area (Å²) in [5, 5.41) is 13.8. The van der Waals surface area contributed by atoms with E-state index >= 15 is 0 Å². The van der Waals surface area contributed by atoms with Gasteiger partial charge in [0.05, 0.1) is 17.5 Å². The largest absolute Gasteiger partial charge is 0.479 e. The number of carboxylic acid groups (broad SMARTS) is 1. The molecule has 142 valence electrons. The summed E-state index contributed by atoms with van der Waals surface area (Å²) in [4.78, 5) is 37.9. The molecule has 0 spiro atoms. The van der Waals surface area contributed by atoms with E-state index in [-0.39, 0.29) is 24.5 Å². The Morgan fingerprint density at radius 2 is 1.96 bits per heavy atom. The standard InChI is InChI=1S/C19H20N2O5S/c1-12-10-21(11-15(26-12)19(24)25)18(23)14-6-4-13(5-7-14)9-20-17(22)16-3-2-8-27-16/h2-8,12,15H,9-11H2,1H3,(H,20,22)(H,24,25)/t12-,15?/m1/s1. The lowest BCUT2D eigenvalue weighted by atomic mass is 10.1. The lowest BCUT2D eigenvalue weighted by Crippen LogP contribution is -2.51. The van der Waals surface area contributed by atoms with E-state index in [1.165, 1.54) is 16.2 Å². The molecule has 2 N–H and O–H groups in total. The first-order chi connectivity index (χ1) is 12.9. The van der Waals surface area contributed by atoms with Gasteiger partial charge in [0.2, 0.25) is 0 Å². The Morgan fingerprint density at radius 3 is 2.59 bits per heavy atom. The first-order valence-electron chi connectivity index (χ1n) is 8.52. The van der Waals surface area contributed by atoms with Crippen LogP contribution in [-0.4, -0.2) is 53.1 Å². The molecule has 1 unspecified atom stereocenters. The molecule has 27 heavy (non-hydrogen) atoms. The van der Waals surface area contributed by atoms with Crippen LogP contribution in [0.1, 0.15) is 32.5 Å². The molecule has 0 saturated carbocycles. The summed E-state index contributed by atoms with van der Waals surface area (Å²) in [6.45, 7) is 2.48. The summed E-state index contributed by atoms with van der Waals surface area (Å²) in [5.41, 5.74) is 1.34. The zero-order valence-corrected chi connectivity index (χ0v) is 15.6. The molecule has 1 aliphatic rings. The van der Waals surface area contributed by atoms with Crippen molar-refractivity contribution >= 4 is 29.1 Å². The smallest absolute Gasteiger partial charge is 0.334 e.